The molecule has 4 heteroatoms. The first-order valence-corrected chi connectivity index (χ1v) is 8.17. The van der Waals surface area contributed by atoms with Gasteiger partial charge in [0.1, 0.15) is 0 Å². The lowest BCUT2D eigenvalue weighted by Gasteiger charge is -2.21. The van der Waals surface area contributed by atoms with E-state index in [-0.39, 0.29) is 12.4 Å². The average molecular weight is 320 g/mol. The summed E-state index contributed by atoms with van der Waals surface area (Å²) < 4.78 is 2.10. The van der Waals surface area contributed by atoms with E-state index >= 15 is 0 Å². The Morgan fingerprint density at radius 2 is 1.77 bits per heavy atom. The Labute approximate surface area is 139 Å². The molecule has 0 unspecified atom stereocenters. The predicted molar refractivity (Wildman–Crippen MR) is 94.0 cm³/mol. The summed E-state index contributed by atoms with van der Waals surface area (Å²) in [5, 5.41) is 4.51. The van der Waals surface area contributed by atoms with E-state index in [4.69, 9.17) is 5.73 Å². The number of nitrogens with zero attached hydrogens (tertiary/aromatic N) is 2. The van der Waals surface area contributed by atoms with E-state index in [0.717, 1.165) is 12.5 Å². The molecule has 0 amide bonds. The van der Waals surface area contributed by atoms with Crippen LogP contribution in [-0.2, 0) is 13.1 Å². The second kappa shape index (κ2) is 8.35. The first-order valence-electron chi connectivity index (χ1n) is 8.17. The minimum atomic E-state index is 0. The smallest absolute Gasteiger partial charge is 0.0568 e. The van der Waals surface area contributed by atoms with Crippen molar-refractivity contribution in [1.29, 1.82) is 0 Å². The van der Waals surface area contributed by atoms with Gasteiger partial charge in [-0.2, -0.15) is 5.10 Å². The first kappa shape index (κ1) is 17.0. The van der Waals surface area contributed by atoms with Gasteiger partial charge in [0.05, 0.1) is 6.20 Å². The van der Waals surface area contributed by atoms with Crippen LogP contribution in [-0.4, -0.2) is 9.78 Å². The van der Waals surface area contributed by atoms with Crippen LogP contribution < -0.4 is 5.73 Å². The van der Waals surface area contributed by atoms with E-state index in [1.165, 1.54) is 55.2 Å². The number of hydrogen-bond acceptors (Lipinski definition) is 2. The van der Waals surface area contributed by atoms with Gasteiger partial charge >= 0.3 is 0 Å². The molecule has 1 aromatic carbocycles. The van der Waals surface area contributed by atoms with Crippen LogP contribution in [0.1, 0.15) is 44.1 Å². The summed E-state index contributed by atoms with van der Waals surface area (Å²) >= 11 is 0. The molecule has 1 fully saturated rings. The largest absolute Gasteiger partial charge is 0.326 e. The van der Waals surface area contributed by atoms with E-state index in [0.29, 0.717) is 6.54 Å². The molecule has 0 aliphatic heterocycles. The van der Waals surface area contributed by atoms with Crippen molar-refractivity contribution in [2.75, 3.05) is 0 Å². The van der Waals surface area contributed by atoms with Crippen molar-refractivity contribution in [3.63, 3.8) is 0 Å². The Kier molecular flexibility index (Phi) is 6.47. The Balaban J connectivity index is 0.00000176. The lowest BCUT2D eigenvalue weighted by Crippen LogP contribution is -2.10. The summed E-state index contributed by atoms with van der Waals surface area (Å²) in [6.07, 6.45) is 12.5. The van der Waals surface area contributed by atoms with Crippen molar-refractivity contribution < 1.29 is 0 Å². The molecular formula is C18H26ClN3. The summed E-state index contributed by atoms with van der Waals surface area (Å²) in [5.41, 5.74) is 9.22. The predicted octanol–water partition coefficient (Wildman–Crippen LogP) is 4.40. The van der Waals surface area contributed by atoms with Gasteiger partial charge in [0.15, 0.2) is 0 Å². The van der Waals surface area contributed by atoms with E-state index < -0.39 is 0 Å². The molecule has 0 bridgehead atoms. The maximum absolute atomic E-state index is 5.64. The van der Waals surface area contributed by atoms with Crippen LogP contribution in [0.4, 0.5) is 0 Å². The number of aromatic nitrogens is 2. The van der Waals surface area contributed by atoms with Crippen LogP contribution in [0.2, 0.25) is 0 Å². The number of benzene rings is 1. The molecule has 0 radical (unpaired) electrons. The van der Waals surface area contributed by atoms with Crippen molar-refractivity contribution >= 4 is 12.4 Å². The highest BCUT2D eigenvalue weighted by atomic mass is 35.5. The van der Waals surface area contributed by atoms with Crippen LogP contribution in [0.3, 0.4) is 0 Å². The van der Waals surface area contributed by atoms with Crippen LogP contribution in [0.25, 0.3) is 11.1 Å². The Morgan fingerprint density at radius 3 is 2.45 bits per heavy atom. The van der Waals surface area contributed by atoms with E-state index in [1.54, 1.807) is 0 Å². The summed E-state index contributed by atoms with van der Waals surface area (Å²) in [6, 6.07) is 8.44. The number of hydrogen-bond donors (Lipinski definition) is 1. The molecule has 3 rings (SSSR count). The van der Waals surface area contributed by atoms with Crippen molar-refractivity contribution in [1.82, 2.24) is 9.78 Å². The Morgan fingerprint density at radius 1 is 1.05 bits per heavy atom. The fourth-order valence-electron chi connectivity index (χ4n) is 3.26. The average Bonchev–Trinajstić information content (AvgIpc) is 3.03. The highest BCUT2D eigenvalue weighted by Crippen LogP contribution is 2.27. The van der Waals surface area contributed by atoms with Gasteiger partial charge in [0, 0.05) is 24.8 Å². The molecule has 1 heterocycles. The summed E-state index contributed by atoms with van der Waals surface area (Å²) in [4.78, 5) is 0. The molecule has 0 spiro atoms. The van der Waals surface area contributed by atoms with Crippen LogP contribution >= 0.6 is 12.4 Å². The standard InChI is InChI=1S/C18H25N3.ClH/c19-12-16-6-8-17(9-7-16)18-13-20-21(14-18)11-10-15-4-2-1-3-5-15;/h6-9,13-15H,1-5,10-12,19H2;1H. The SMILES string of the molecule is Cl.NCc1ccc(-c2cnn(CCC3CCCCC3)c2)cc1. The van der Waals surface area contributed by atoms with Crippen molar-refractivity contribution in [2.24, 2.45) is 11.7 Å². The fourth-order valence-corrected chi connectivity index (χ4v) is 3.26. The maximum Gasteiger partial charge on any atom is 0.0568 e. The maximum atomic E-state index is 5.64. The molecule has 2 N–H and O–H groups in total. The highest BCUT2D eigenvalue weighted by Gasteiger charge is 2.13. The fraction of sp³-hybridized carbons (Fsp3) is 0.500. The zero-order valence-corrected chi connectivity index (χ0v) is 13.9. The molecule has 1 aromatic heterocycles. The zero-order valence-electron chi connectivity index (χ0n) is 13.1. The minimum absolute atomic E-state index is 0. The minimum Gasteiger partial charge on any atom is -0.326 e. The van der Waals surface area contributed by atoms with Crippen molar-refractivity contribution in [3.8, 4) is 11.1 Å². The van der Waals surface area contributed by atoms with Crippen LogP contribution in [0.5, 0.6) is 0 Å². The summed E-state index contributed by atoms with van der Waals surface area (Å²) in [6.45, 7) is 1.65. The van der Waals surface area contributed by atoms with Crippen molar-refractivity contribution in [3.05, 3.63) is 42.2 Å². The number of rotatable bonds is 5. The third-order valence-corrected chi connectivity index (χ3v) is 4.65. The molecule has 22 heavy (non-hydrogen) atoms. The third-order valence-electron chi connectivity index (χ3n) is 4.65. The lowest BCUT2D eigenvalue weighted by molar-refractivity contribution is 0.319. The van der Waals surface area contributed by atoms with Gasteiger partial charge < -0.3 is 5.73 Å². The molecule has 1 saturated carbocycles. The Hall–Kier alpha value is -1.32. The lowest BCUT2D eigenvalue weighted by atomic mass is 9.87. The first-order chi connectivity index (χ1) is 10.3. The van der Waals surface area contributed by atoms with Gasteiger partial charge in [-0.3, -0.25) is 4.68 Å². The van der Waals surface area contributed by atoms with E-state index in [1.807, 2.05) is 6.20 Å². The third kappa shape index (κ3) is 4.34. The molecule has 2 aromatic rings. The van der Waals surface area contributed by atoms with Gasteiger partial charge in [-0.05, 0) is 23.5 Å². The summed E-state index contributed by atoms with van der Waals surface area (Å²) in [5.74, 6) is 0.912. The second-order valence-electron chi connectivity index (χ2n) is 6.19. The van der Waals surface area contributed by atoms with E-state index in [2.05, 4.69) is 40.2 Å². The van der Waals surface area contributed by atoms with E-state index in [9.17, 15) is 0 Å². The monoisotopic (exact) mass is 319 g/mol. The van der Waals surface area contributed by atoms with Gasteiger partial charge in [-0.1, -0.05) is 56.4 Å². The quantitative estimate of drug-likeness (QED) is 0.887. The number of nitrogens with two attached hydrogens (primary N) is 1. The molecule has 1 aliphatic rings. The molecule has 120 valence electrons. The Bertz CT molecular complexity index is 556. The summed E-state index contributed by atoms with van der Waals surface area (Å²) in [7, 11) is 0. The van der Waals surface area contributed by atoms with Gasteiger partial charge in [0.2, 0.25) is 0 Å². The van der Waals surface area contributed by atoms with Crippen LogP contribution in [0.15, 0.2) is 36.7 Å². The second-order valence-corrected chi connectivity index (χ2v) is 6.19. The number of aryl methyl sites for hydroxylation is 1. The zero-order chi connectivity index (χ0) is 14.5. The number of halogens is 1. The van der Waals surface area contributed by atoms with Gasteiger partial charge in [0.25, 0.3) is 0 Å². The van der Waals surface area contributed by atoms with Crippen LogP contribution in [0, 0.1) is 5.92 Å². The molecule has 0 atom stereocenters. The highest BCUT2D eigenvalue weighted by molar-refractivity contribution is 5.85. The molecule has 1 aliphatic carbocycles. The van der Waals surface area contributed by atoms with Crippen molar-refractivity contribution in [2.45, 2.75) is 51.6 Å². The molecule has 0 saturated heterocycles. The van der Waals surface area contributed by atoms with Gasteiger partial charge in [-0.15, -0.1) is 12.4 Å². The van der Waals surface area contributed by atoms with Gasteiger partial charge in [-0.25, -0.2) is 0 Å². The molecule has 3 nitrogen and oxygen atoms in total. The normalized spacial score (nSPS) is 15.5. The topological polar surface area (TPSA) is 43.8 Å². The molecular weight excluding hydrogens is 294 g/mol.